The van der Waals surface area contributed by atoms with E-state index in [-0.39, 0.29) is 5.78 Å². The van der Waals surface area contributed by atoms with Crippen LogP contribution < -0.4 is 0 Å². The molecule has 4 nitrogen and oxygen atoms in total. The van der Waals surface area contributed by atoms with Crippen LogP contribution in [0.5, 0.6) is 0 Å². The molecule has 0 radical (unpaired) electrons. The van der Waals surface area contributed by atoms with Crippen molar-refractivity contribution in [2.24, 2.45) is 0 Å². The molecule has 2 heterocycles. The van der Waals surface area contributed by atoms with Gasteiger partial charge >= 0.3 is 0 Å². The summed E-state index contributed by atoms with van der Waals surface area (Å²) in [5, 5.41) is 12.2. The molecule has 0 saturated carbocycles. The predicted molar refractivity (Wildman–Crippen MR) is 128 cm³/mol. The number of carbonyl (C=O) groups is 1. The molecule has 0 aliphatic carbocycles. The molecule has 0 fully saturated rings. The van der Waals surface area contributed by atoms with Crippen molar-refractivity contribution in [1.82, 2.24) is 9.97 Å². The number of nitrogens with one attached hydrogen (secondary N) is 2. The SMILES string of the molecule is N#Cc1c(-c2c[nH]c3ccccc23)[nH]c(C(=O)c2ccc(Cl)cc2)c1-c1ccc(Cl)cc1. The van der Waals surface area contributed by atoms with E-state index >= 15 is 0 Å². The van der Waals surface area contributed by atoms with Gasteiger partial charge in [-0.3, -0.25) is 4.79 Å². The number of hydrogen-bond acceptors (Lipinski definition) is 2. The third-order valence-corrected chi connectivity index (χ3v) is 5.94. The number of nitrogens with zero attached hydrogens (tertiary/aromatic N) is 1. The Morgan fingerprint density at radius 2 is 1.53 bits per heavy atom. The third-order valence-electron chi connectivity index (χ3n) is 5.44. The van der Waals surface area contributed by atoms with Gasteiger partial charge in [0.1, 0.15) is 6.07 Å². The number of benzene rings is 3. The van der Waals surface area contributed by atoms with Crippen molar-refractivity contribution in [2.45, 2.75) is 0 Å². The van der Waals surface area contributed by atoms with Gasteiger partial charge in [0.05, 0.1) is 17.0 Å². The van der Waals surface area contributed by atoms with Gasteiger partial charge < -0.3 is 9.97 Å². The fourth-order valence-corrected chi connectivity index (χ4v) is 4.17. The summed E-state index contributed by atoms with van der Waals surface area (Å²) in [7, 11) is 0. The number of H-pyrrole nitrogens is 2. The Morgan fingerprint density at radius 1 is 0.875 bits per heavy atom. The molecule has 2 aromatic heterocycles. The van der Waals surface area contributed by atoms with Gasteiger partial charge in [-0.25, -0.2) is 0 Å². The number of para-hydroxylation sites is 1. The molecule has 0 saturated heterocycles. The molecule has 0 atom stereocenters. The van der Waals surface area contributed by atoms with Gasteiger partial charge in [0.2, 0.25) is 5.78 Å². The molecule has 0 unspecified atom stereocenters. The van der Waals surface area contributed by atoms with Crippen LogP contribution in [-0.2, 0) is 0 Å². The van der Waals surface area contributed by atoms with E-state index in [0.29, 0.717) is 38.1 Å². The minimum absolute atomic E-state index is 0.228. The fourth-order valence-electron chi connectivity index (χ4n) is 3.91. The summed E-state index contributed by atoms with van der Waals surface area (Å²) in [4.78, 5) is 20.0. The summed E-state index contributed by atoms with van der Waals surface area (Å²) in [6.07, 6.45) is 1.85. The molecule has 0 amide bonds. The summed E-state index contributed by atoms with van der Waals surface area (Å²) >= 11 is 12.1. The molecule has 0 spiro atoms. The molecular formula is C26H15Cl2N3O. The molecule has 6 heteroatoms. The normalized spacial score (nSPS) is 10.9. The van der Waals surface area contributed by atoms with E-state index in [1.165, 1.54) is 0 Å². The zero-order chi connectivity index (χ0) is 22.2. The van der Waals surface area contributed by atoms with Gasteiger partial charge in [0.25, 0.3) is 0 Å². The minimum atomic E-state index is -0.228. The molecular weight excluding hydrogens is 441 g/mol. The number of fused-ring (bicyclic) bond motifs is 1. The van der Waals surface area contributed by atoms with Gasteiger partial charge in [-0.1, -0.05) is 53.5 Å². The standard InChI is InChI=1S/C26H15Cl2N3O/c27-17-9-5-15(6-10-17)23-20(13-29)24(21-14-30-22-4-2-1-3-19(21)22)31-25(23)26(32)16-7-11-18(28)12-8-16/h1-12,14,30-31H. The van der Waals surface area contributed by atoms with Gasteiger partial charge in [-0.15, -0.1) is 0 Å². The average molecular weight is 456 g/mol. The lowest BCUT2D eigenvalue weighted by Gasteiger charge is -2.05. The zero-order valence-electron chi connectivity index (χ0n) is 16.6. The lowest BCUT2D eigenvalue weighted by atomic mass is 9.96. The van der Waals surface area contributed by atoms with Gasteiger partial charge in [-0.05, 0) is 48.0 Å². The number of nitriles is 1. The Kier molecular flexibility index (Phi) is 5.07. The van der Waals surface area contributed by atoms with E-state index in [1.54, 1.807) is 36.4 Å². The maximum atomic E-state index is 13.5. The summed E-state index contributed by atoms with van der Waals surface area (Å²) in [5.74, 6) is -0.228. The van der Waals surface area contributed by atoms with Gasteiger partial charge in [0.15, 0.2) is 0 Å². The zero-order valence-corrected chi connectivity index (χ0v) is 18.1. The van der Waals surface area contributed by atoms with E-state index in [9.17, 15) is 10.1 Å². The molecule has 3 aromatic carbocycles. The summed E-state index contributed by atoms with van der Waals surface area (Å²) in [6.45, 7) is 0. The van der Waals surface area contributed by atoms with Crippen molar-refractivity contribution in [3.05, 3.63) is 106 Å². The van der Waals surface area contributed by atoms with Crippen LogP contribution in [0.1, 0.15) is 21.6 Å². The Hall–Kier alpha value is -3.78. The van der Waals surface area contributed by atoms with E-state index in [4.69, 9.17) is 23.2 Å². The first-order chi connectivity index (χ1) is 15.6. The van der Waals surface area contributed by atoms with Crippen molar-refractivity contribution in [3.63, 3.8) is 0 Å². The van der Waals surface area contributed by atoms with Crippen molar-refractivity contribution in [1.29, 1.82) is 5.26 Å². The Bertz CT molecular complexity index is 1500. The highest BCUT2D eigenvalue weighted by Gasteiger charge is 2.26. The molecule has 32 heavy (non-hydrogen) atoms. The summed E-state index contributed by atoms with van der Waals surface area (Å²) in [5.41, 5.74) is 4.84. The van der Waals surface area contributed by atoms with Crippen molar-refractivity contribution >= 4 is 39.9 Å². The summed E-state index contributed by atoms with van der Waals surface area (Å²) < 4.78 is 0. The van der Waals surface area contributed by atoms with Crippen molar-refractivity contribution in [3.8, 4) is 28.5 Å². The number of hydrogen-bond donors (Lipinski definition) is 2. The first kappa shape index (κ1) is 20.1. The summed E-state index contributed by atoms with van der Waals surface area (Å²) in [6, 6.07) is 23.9. The third kappa shape index (κ3) is 3.38. The predicted octanol–water partition coefficient (Wildman–Crippen LogP) is 7.24. The largest absolute Gasteiger partial charge is 0.360 e. The number of aromatic amines is 2. The van der Waals surface area contributed by atoms with Crippen LogP contribution in [-0.4, -0.2) is 15.8 Å². The average Bonchev–Trinajstić information content (AvgIpc) is 3.41. The first-order valence-electron chi connectivity index (χ1n) is 9.85. The van der Waals surface area contributed by atoms with Crippen molar-refractivity contribution < 1.29 is 4.79 Å². The van der Waals surface area contributed by atoms with Crippen LogP contribution in [0.4, 0.5) is 0 Å². The second-order valence-electron chi connectivity index (χ2n) is 7.33. The first-order valence-corrected chi connectivity index (χ1v) is 10.6. The molecule has 0 bridgehead atoms. The van der Waals surface area contributed by atoms with Crippen molar-refractivity contribution in [2.75, 3.05) is 0 Å². The highest BCUT2D eigenvalue weighted by atomic mass is 35.5. The number of rotatable bonds is 4. The van der Waals surface area contributed by atoms with E-state index in [0.717, 1.165) is 22.0 Å². The molecule has 5 rings (SSSR count). The van der Waals surface area contributed by atoms with Crippen LogP contribution in [0.25, 0.3) is 33.3 Å². The lowest BCUT2D eigenvalue weighted by Crippen LogP contribution is -2.03. The smallest absolute Gasteiger partial charge is 0.209 e. The van der Waals surface area contributed by atoms with Crippen LogP contribution in [0, 0.1) is 11.3 Å². The monoisotopic (exact) mass is 455 g/mol. The fraction of sp³-hybridized carbons (Fsp3) is 0. The van der Waals surface area contributed by atoms with E-state index in [1.807, 2.05) is 42.6 Å². The van der Waals surface area contributed by atoms with Gasteiger partial charge in [0, 0.05) is 43.8 Å². The Labute approximate surface area is 194 Å². The highest BCUT2D eigenvalue weighted by molar-refractivity contribution is 6.31. The second kappa shape index (κ2) is 8.05. The second-order valence-corrected chi connectivity index (χ2v) is 8.20. The maximum absolute atomic E-state index is 13.5. The molecule has 0 aliphatic heterocycles. The van der Waals surface area contributed by atoms with Gasteiger partial charge in [-0.2, -0.15) is 5.26 Å². The van der Waals surface area contributed by atoms with E-state index < -0.39 is 0 Å². The molecule has 5 aromatic rings. The number of ketones is 1. The number of aromatic nitrogens is 2. The molecule has 0 aliphatic rings. The number of halogens is 2. The van der Waals surface area contributed by atoms with E-state index in [2.05, 4.69) is 16.0 Å². The Balaban J connectivity index is 1.79. The lowest BCUT2D eigenvalue weighted by molar-refractivity contribution is 0.103. The minimum Gasteiger partial charge on any atom is -0.360 e. The highest BCUT2D eigenvalue weighted by Crippen LogP contribution is 2.39. The Morgan fingerprint density at radius 3 is 2.22 bits per heavy atom. The maximum Gasteiger partial charge on any atom is 0.209 e. The topological polar surface area (TPSA) is 72.4 Å². The van der Waals surface area contributed by atoms with Crippen LogP contribution >= 0.6 is 23.2 Å². The van der Waals surface area contributed by atoms with Crippen LogP contribution in [0.15, 0.2) is 79.0 Å². The number of carbonyl (C=O) groups excluding carboxylic acids is 1. The van der Waals surface area contributed by atoms with Crippen LogP contribution in [0.2, 0.25) is 10.0 Å². The molecule has 154 valence electrons. The van der Waals surface area contributed by atoms with Crippen LogP contribution in [0.3, 0.4) is 0 Å². The molecule has 2 N–H and O–H groups in total. The quantitative estimate of drug-likeness (QED) is 0.280.